The highest BCUT2D eigenvalue weighted by molar-refractivity contribution is 5.76. The summed E-state index contributed by atoms with van der Waals surface area (Å²) < 4.78 is 5.72. The molecule has 1 aromatic rings. The van der Waals surface area contributed by atoms with Crippen LogP contribution in [0.3, 0.4) is 0 Å². The van der Waals surface area contributed by atoms with E-state index in [9.17, 15) is 4.79 Å². The largest absolute Gasteiger partial charge is 0.494 e. The molecule has 0 radical (unpaired) electrons. The molecule has 1 fully saturated rings. The van der Waals surface area contributed by atoms with E-state index in [1.165, 1.54) is 5.56 Å². The lowest BCUT2D eigenvalue weighted by Crippen LogP contribution is -2.42. The summed E-state index contributed by atoms with van der Waals surface area (Å²) in [5, 5.41) is 6.41. The zero-order valence-corrected chi connectivity index (χ0v) is 14.7. The lowest BCUT2D eigenvalue weighted by Gasteiger charge is -2.23. The maximum absolute atomic E-state index is 11.9. The summed E-state index contributed by atoms with van der Waals surface area (Å²) in [6.07, 6.45) is 3.34. The number of amides is 1. The Hall–Kier alpha value is -1.55. The maximum atomic E-state index is 11.9. The van der Waals surface area contributed by atoms with E-state index in [2.05, 4.69) is 43.5 Å². The second-order valence-corrected chi connectivity index (χ2v) is 7.32. The van der Waals surface area contributed by atoms with Crippen molar-refractivity contribution in [3.8, 4) is 5.75 Å². The van der Waals surface area contributed by atoms with E-state index < -0.39 is 0 Å². The Morgan fingerprint density at radius 2 is 1.87 bits per heavy atom. The molecule has 1 saturated heterocycles. The van der Waals surface area contributed by atoms with Gasteiger partial charge in [-0.25, -0.2) is 0 Å². The summed E-state index contributed by atoms with van der Waals surface area (Å²) in [4.78, 5) is 11.9. The average Bonchev–Trinajstić information content (AvgIpc) is 2.52. The number of carbonyl (C=O) groups excluding carboxylic acids is 1. The van der Waals surface area contributed by atoms with Crippen molar-refractivity contribution in [2.45, 2.75) is 57.9 Å². The molecule has 0 atom stereocenters. The topological polar surface area (TPSA) is 50.4 Å². The molecule has 0 unspecified atom stereocenters. The highest BCUT2D eigenvalue weighted by Gasteiger charge is 2.15. The molecule has 4 nitrogen and oxygen atoms in total. The molecule has 0 bridgehead atoms. The first kappa shape index (κ1) is 17.8. The van der Waals surface area contributed by atoms with Gasteiger partial charge < -0.3 is 15.4 Å². The molecule has 0 spiro atoms. The van der Waals surface area contributed by atoms with Crippen LogP contribution < -0.4 is 15.4 Å². The lowest BCUT2D eigenvalue weighted by molar-refractivity contribution is -0.122. The summed E-state index contributed by atoms with van der Waals surface area (Å²) in [5.41, 5.74) is 1.46. The molecule has 4 heteroatoms. The number of hydrogen-bond acceptors (Lipinski definition) is 3. The molecule has 128 valence electrons. The van der Waals surface area contributed by atoms with Crippen LogP contribution in [-0.2, 0) is 10.2 Å². The molecule has 0 aliphatic carbocycles. The van der Waals surface area contributed by atoms with Crippen molar-refractivity contribution in [1.82, 2.24) is 10.6 Å². The molecule has 23 heavy (non-hydrogen) atoms. The molecule has 1 aromatic carbocycles. The van der Waals surface area contributed by atoms with E-state index in [1.807, 2.05) is 12.1 Å². The van der Waals surface area contributed by atoms with Gasteiger partial charge in [-0.05, 0) is 55.5 Å². The van der Waals surface area contributed by atoms with Gasteiger partial charge in [0, 0.05) is 12.5 Å². The van der Waals surface area contributed by atoms with Crippen LogP contribution in [0.4, 0.5) is 0 Å². The number of rotatable bonds is 6. The van der Waals surface area contributed by atoms with E-state index in [0.29, 0.717) is 19.1 Å². The fraction of sp³-hybridized carbons (Fsp3) is 0.632. The zero-order valence-electron chi connectivity index (χ0n) is 14.7. The van der Waals surface area contributed by atoms with Crippen molar-refractivity contribution >= 4 is 5.91 Å². The van der Waals surface area contributed by atoms with Crippen molar-refractivity contribution in [2.75, 3.05) is 19.7 Å². The molecule has 2 N–H and O–H groups in total. The Kier molecular flexibility index (Phi) is 6.46. The Balaban J connectivity index is 1.64. The average molecular weight is 318 g/mol. The van der Waals surface area contributed by atoms with E-state index in [1.54, 1.807) is 0 Å². The summed E-state index contributed by atoms with van der Waals surface area (Å²) in [6, 6.07) is 8.58. The van der Waals surface area contributed by atoms with Crippen molar-refractivity contribution in [3.05, 3.63) is 29.8 Å². The van der Waals surface area contributed by atoms with Gasteiger partial charge in [-0.3, -0.25) is 4.79 Å². The first-order valence-electron chi connectivity index (χ1n) is 8.68. The Labute approximate surface area is 140 Å². The van der Waals surface area contributed by atoms with Crippen molar-refractivity contribution in [2.24, 2.45) is 0 Å². The fourth-order valence-electron chi connectivity index (χ4n) is 2.74. The van der Waals surface area contributed by atoms with Gasteiger partial charge >= 0.3 is 0 Å². The smallest absolute Gasteiger partial charge is 0.220 e. The quantitative estimate of drug-likeness (QED) is 0.793. The third-order valence-corrected chi connectivity index (χ3v) is 4.24. The second kappa shape index (κ2) is 8.34. The highest BCUT2D eigenvalue weighted by Crippen LogP contribution is 2.24. The van der Waals surface area contributed by atoms with Crippen LogP contribution in [0.1, 0.15) is 52.0 Å². The summed E-state index contributed by atoms with van der Waals surface area (Å²) in [5.74, 6) is 1.01. The van der Waals surface area contributed by atoms with E-state index in [4.69, 9.17) is 4.74 Å². The lowest BCUT2D eigenvalue weighted by atomic mass is 9.87. The normalized spacial score (nSPS) is 16.1. The molecule has 1 amide bonds. The number of benzene rings is 1. The van der Waals surface area contributed by atoms with E-state index in [0.717, 1.165) is 38.1 Å². The Morgan fingerprint density at radius 1 is 1.22 bits per heavy atom. The molecule has 0 aromatic heterocycles. The van der Waals surface area contributed by atoms with Crippen LogP contribution in [0.2, 0.25) is 0 Å². The van der Waals surface area contributed by atoms with Gasteiger partial charge in [-0.2, -0.15) is 0 Å². The minimum atomic E-state index is 0.142. The highest BCUT2D eigenvalue weighted by atomic mass is 16.5. The van der Waals surface area contributed by atoms with Crippen molar-refractivity contribution < 1.29 is 9.53 Å². The number of nitrogens with one attached hydrogen (secondary N) is 2. The van der Waals surface area contributed by atoms with Gasteiger partial charge in [0.15, 0.2) is 0 Å². The molecule has 1 heterocycles. The van der Waals surface area contributed by atoms with Crippen molar-refractivity contribution in [1.29, 1.82) is 0 Å². The van der Waals surface area contributed by atoms with Crippen LogP contribution in [-0.4, -0.2) is 31.6 Å². The van der Waals surface area contributed by atoms with Crippen LogP contribution in [0, 0.1) is 0 Å². The van der Waals surface area contributed by atoms with E-state index in [-0.39, 0.29) is 11.3 Å². The molecule has 1 aliphatic rings. The van der Waals surface area contributed by atoms with E-state index >= 15 is 0 Å². The third-order valence-electron chi connectivity index (χ3n) is 4.24. The van der Waals surface area contributed by atoms with Crippen LogP contribution >= 0.6 is 0 Å². The standard InChI is InChI=1S/C19H30N2O2/c1-19(2,3)15-6-8-17(9-7-15)23-14-4-5-18(22)21-16-10-12-20-13-11-16/h6-9,16,20H,4-5,10-14H2,1-3H3,(H,21,22). The third kappa shape index (κ3) is 6.22. The van der Waals surface area contributed by atoms with Gasteiger partial charge in [0.1, 0.15) is 5.75 Å². The fourth-order valence-corrected chi connectivity index (χ4v) is 2.74. The van der Waals surface area contributed by atoms with Crippen molar-refractivity contribution in [3.63, 3.8) is 0 Å². The molecule has 2 rings (SSSR count). The molecule has 0 saturated carbocycles. The Morgan fingerprint density at radius 3 is 2.48 bits per heavy atom. The zero-order chi connectivity index (χ0) is 16.7. The van der Waals surface area contributed by atoms with Gasteiger partial charge in [-0.1, -0.05) is 32.9 Å². The Bertz CT molecular complexity index is 485. The predicted octanol–water partition coefficient (Wildman–Crippen LogP) is 3.01. The first-order valence-corrected chi connectivity index (χ1v) is 8.68. The maximum Gasteiger partial charge on any atom is 0.220 e. The van der Waals surface area contributed by atoms with Gasteiger partial charge in [-0.15, -0.1) is 0 Å². The molecular weight excluding hydrogens is 288 g/mol. The molecule has 1 aliphatic heterocycles. The summed E-state index contributed by atoms with van der Waals surface area (Å²) in [7, 11) is 0. The monoisotopic (exact) mass is 318 g/mol. The molecular formula is C19H30N2O2. The summed E-state index contributed by atoms with van der Waals surface area (Å²) in [6.45, 7) is 9.17. The van der Waals surface area contributed by atoms with Crippen LogP contribution in [0.15, 0.2) is 24.3 Å². The second-order valence-electron chi connectivity index (χ2n) is 7.32. The summed E-state index contributed by atoms with van der Waals surface area (Å²) >= 11 is 0. The first-order chi connectivity index (χ1) is 10.9. The van der Waals surface area contributed by atoms with Gasteiger partial charge in [0.2, 0.25) is 5.91 Å². The van der Waals surface area contributed by atoms with Gasteiger partial charge in [0.25, 0.3) is 0 Å². The minimum absolute atomic E-state index is 0.142. The SMILES string of the molecule is CC(C)(C)c1ccc(OCCCC(=O)NC2CCNCC2)cc1. The van der Waals surface area contributed by atoms with Gasteiger partial charge in [0.05, 0.1) is 6.61 Å². The van der Waals surface area contributed by atoms with Crippen LogP contribution in [0.5, 0.6) is 5.75 Å². The minimum Gasteiger partial charge on any atom is -0.494 e. The number of carbonyl (C=O) groups is 1. The predicted molar refractivity (Wildman–Crippen MR) is 93.9 cm³/mol. The number of ether oxygens (including phenoxy) is 1. The number of hydrogen-bond donors (Lipinski definition) is 2. The number of piperidine rings is 1. The van der Waals surface area contributed by atoms with Crippen LogP contribution in [0.25, 0.3) is 0 Å².